The molecule has 6 nitrogen and oxygen atoms in total. The van der Waals surface area contributed by atoms with Gasteiger partial charge in [0, 0.05) is 26.2 Å². The molecule has 2 aromatic carbocycles. The van der Waals surface area contributed by atoms with Gasteiger partial charge in [0.1, 0.15) is 5.75 Å². The summed E-state index contributed by atoms with van der Waals surface area (Å²) in [5.74, 6) is 0.918. The van der Waals surface area contributed by atoms with Gasteiger partial charge in [0.2, 0.25) is 5.91 Å². The van der Waals surface area contributed by atoms with Crippen LogP contribution in [0.1, 0.15) is 24.5 Å². The van der Waals surface area contributed by atoms with Crippen LogP contribution < -0.4 is 9.64 Å². The maximum atomic E-state index is 13.4. The van der Waals surface area contributed by atoms with Crippen molar-refractivity contribution in [3.05, 3.63) is 53.6 Å². The second-order valence-electron chi connectivity index (χ2n) is 8.08. The summed E-state index contributed by atoms with van der Waals surface area (Å²) in [4.78, 5) is 22.5. The first kappa shape index (κ1) is 22.7. The molecule has 0 radical (unpaired) electrons. The first-order valence-corrected chi connectivity index (χ1v) is 12.1. The molecule has 1 amide bonds. The molecule has 32 heavy (non-hydrogen) atoms. The van der Waals surface area contributed by atoms with Crippen LogP contribution in [0.5, 0.6) is 5.75 Å². The van der Waals surface area contributed by atoms with Gasteiger partial charge in [0.05, 0.1) is 36.5 Å². The van der Waals surface area contributed by atoms with Crippen molar-refractivity contribution < 1.29 is 14.3 Å². The van der Waals surface area contributed by atoms with Gasteiger partial charge in [-0.2, -0.15) is 0 Å². The van der Waals surface area contributed by atoms with Crippen LogP contribution in [0.4, 0.5) is 5.13 Å². The molecule has 0 N–H and O–H groups in total. The number of amides is 1. The smallest absolute Gasteiger partial charge is 0.233 e. The molecule has 0 atom stereocenters. The number of benzene rings is 2. The molecule has 1 fully saturated rings. The molecule has 3 aromatic rings. The predicted molar refractivity (Wildman–Crippen MR) is 130 cm³/mol. The summed E-state index contributed by atoms with van der Waals surface area (Å²) in [5.41, 5.74) is 3.10. The Balaban J connectivity index is 1.52. The van der Waals surface area contributed by atoms with Crippen molar-refractivity contribution in [2.24, 2.45) is 0 Å². The van der Waals surface area contributed by atoms with Crippen LogP contribution in [0.15, 0.2) is 42.5 Å². The van der Waals surface area contributed by atoms with E-state index < -0.39 is 0 Å². The highest BCUT2D eigenvalue weighted by Crippen LogP contribution is 2.32. The number of aromatic nitrogens is 1. The Kier molecular flexibility index (Phi) is 7.73. The van der Waals surface area contributed by atoms with Crippen molar-refractivity contribution in [2.75, 3.05) is 50.9 Å². The Morgan fingerprint density at radius 3 is 2.84 bits per heavy atom. The summed E-state index contributed by atoms with van der Waals surface area (Å²) in [7, 11) is 0. The van der Waals surface area contributed by atoms with Gasteiger partial charge >= 0.3 is 0 Å². The van der Waals surface area contributed by atoms with Crippen molar-refractivity contribution in [1.82, 2.24) is 9.88 Å². The Morgan fingerprint density at radius 2 is 2.06 bits per heavy atom. The van der Waals surface area contributed by atoms with Gasteiger partial charge in [-0.15, -0.1) is 0 Å². The highest BCUT2D eigenvalue weighted by molar-refractivity contribution is 7.22. The minimum Gasteiger partial charge on any atom is -0.494 e. The number of hydrogen-bond donors (Lipinski definition) is 0. The topological polar surface area (TPSA) is 54.9 Å². The van der Waals surface area contributed by atoms with Crippen LogP contribution in [0.25, 0.3) is 10.2 Å². The summed E-state index contributed by atoms with van der Waals surface area (Å²) in [6.45, 7) is 9.75. The van der Waals surface area contributed by atoms with Gasteiger partial charge in [-0.25, -0.2) is 4.98 Å². The highest BCUT2D eigenvalue weighted by atomic mass is 32.1. The van der Waals surface area contributed by atoms with Crippen LogP contribution in [0, 0.1) is 6.92 Å². The van der Waals surface area contributed by atoms with Gasteiger partial charge in [0.15, 0.2) is 5.13 Å². The zero-order chi connectivity index (χ0) is 22.3. The molecule has 7 heteroatoms. The summed E-state index contributed by atoms with van der Waals surface area (Å²) in [6, 6.07) is 14.1. The molecular formula is C25H31N3O3S. The van der Waals surface area contributed by atoms with E-state index in [0.717, 1.165) is 71.5 Å². The largest absolute Gasteiger partial charge is 0.494 e. The van der Waals surface area contributed by atoms with E-state index in [1.54, 1.807) is 11.3 Å². The first-order valence-electron chi connectivity index (χ1n) is 11.3. The Labute approximate surface area is 193 Å². The molecular weight excluding hydrogens is 422 g/mol. The van der Waals surface area contributed by atoms with Gasteiger partial charge < -0.3 is 9.47 Å². The number of carbonyl (C=O) groups is 1. The monoisotopic (exact) mass is 453 g/mol. The summed E-state index contributed by atoms with van der Waals surface area (Å²) in [6.07, 6.45) is 1.28. The summed E-state index contributed by atoms with van der Waals surface area (Å²) < 4.78 is 12.1. The molecule has 0 saturated carbocycles. The predicted octanol–water partition coefficient (Wildman–Crippen LogP) is 4.30. The summed E-state index contributed by atoms with van der Waals surface area (Å²) >= 11 is 1.55. The number of morpholine rings is 1. The Bertz CT molecular complexity index is 1050. The van der Waals surface area contributed by atoms with Crippen LogP contribution in [-0.2, 0) is 16.0 Å². The van der Waals surface area contributed by atoms with Gasteiger partial charge in [-0.1, -0.05) is 41.2 Å². The fourth-order valence-electron chi connectivity index (χ4n) is 3.96. The van der Waals surface area contributed by atoms with E-state index in [1.165, 1.54) is 0 Å². The maximum Gasteiger partial charge on any atom is 0.233 e. The average molecular weight is 454 g/mol. The number of aryl methyl sites for hydroxylation is 1. The fourth-order valence-corrected chi connectivity index (χ4v) is 5.00. The van der Waals surface area contributed by atoms with E-state index in [-0.39, 0.29) is 5.91 Å². The third-order valence-corrected chi connectivity index (χ3v) is 6.63. The molecule has 1 aliphatic heterocycles. The lowest BCUT2D eigenvalue weighted by Crippen LogP contribution is -2.39. The van der Waals surface area contributed by atoms with Crippen LogP contribution in [0.3, 0.4) is 0 Å². The number of thiazole rings is 1. The second-order valence-corrected chi connectivity index (χ2v) is 9.09. The number of hydrogen-bond acceptors (Lipinski definition) is 6. The zero-order valence-corrected chi connectivity index (χ0v) is 19.7. The SMILES string of the molecule is CCOc1ccc2nc(N(CCCN3CCOCC3)C(=O)Cc3cccc(C)c3)sc2c1. The first-order chi connectivity index (χ1) is 15.6. The third kappa shape index (κ3) is 5.85. The molecule has 1 aromatic heterocycles. The molecule has 0 unspecified atom stereocenters. The Hall–Kier alpha value is -2.48. The maximum absolute atomic E-state index is 13.4. The minimum absolute atomic E-state index is 0.0849. The molecule has 1 aliphatic rings. The quantitative estimate of drug-likeness (QED) is 0.484. The van der Waals surface area contributed by atoms with Crippen molar-refractivity contribution in [3.63, 3.8) is 0 Å². The van der Waals surface area contributed by atoms with Crippen LogP contribution in [0.2, 0.25) is 0 Å². The molecule has 2 heterocycles. The number of ether oxygens (including phenoxy) is 2. The highest BCUT2D eigenvalue weighted by Gasteiger charge is 2.21. The van der Waals surface area contributed by atoms with E-state index in [1.807, 2.05) is 42.2 Å². The molecule has 170 valence electrons. The molecule has 4 rings (SSSR count). The number of fused-ring (bicyclic) bond motifs is 1. The minimum atomic E-state index is 0.0849. The van der Waals surface area contributed by atoms with Gasteiger partial charge in [-0.05, 0) is 44.0 Å². The van der Waals surface area contributed by atoms with Crippen LogP contribution in [-0.4, -0.2) is 61.8 Å². The van der Waals surface area contributed by atoms with Gasteiger partial charge in [0.25, 0.3) is 0 Å². The molecule has 0 aliphatic carbocycles. The van der Waals surface area contributed by atoms with E-state index >= 15 is 0 Å². The van der Waals surface area contributed by atoms with E-state index in [4.69, 9.17) is 14.5 Å². The molecule has 1 saturated heterocycles. The lowest BCUT2D eigenvalue weighted by Gasteiger charge is -2.27. The lowest BCUT2D eigenvalue weighted by atomic mass is 10.1. The van der Waals surface area contributed by atoms with Crippen LogP contribution >= 0.6 is 11.3 Å². The van der Waals surface area contributed by atoms with Gasteiger partial charge in [-0.3, -0.25) is 14.6 Å². The van der Waals surface area contributed by atoms with E-state index in [0.29, 0.717) is 19.6 Å². The lowest BCUT2D eigenvalue weighted by molar-refractivity contribution is -0.118. The Morgan fingerprint density at radius 1 is 1.22 bits per heavy atom. The number of rotatable bonds is 9. The average Bonchev–Trinajstić information content (AvgIpc) is 3.20. The number of anilines is 1. The van der Waals surface area contributed by atoms with Crippen molar-refractivity contribution in [1.29, 1.82) is 0 Å². The second kappa shape index (κ2) is 10.9. The normalized spacial score (nSPS) is 14.6. The standard InChI is InChI=1S/C25H31N3O3S/c1-3-31-21-8-9-22-23(18-21)32-25(26-22)28(11-5-10-27-12-14-30-15-13-27)24(29)17-20-7-4-6-19(2)16-20/h4,6-9,16,18H,3,5,10-15,17H2,1-2H3. The van der Waals surface area contributed by atoms with Crippen molar-refractivity contribution >= 4 is 32.6 Å². The summed E-state index contributed by atoms with van der Waals surface area (Å²) in [5, 5.41) is 0.758. The number of carbonyl (C=O) groups excluding carboxylic acids is 1. The van der Waals surface area contributed by atoms with Crippen molar-refractivity contribution in [3.8, 4) is 5.75 Å². The molecule has 0 bridgehead atoms. The fraction of sp³-hybridized carbons (Fsp3) is 0.440. The van der Waals surface area contributed by atoms with E-state index in [2.05, 4.69) is 24.0 Å². The third-order valence-electron chi connectivity index (χ3n) is 5.59. The molecule has 0 spiro atoms. The van der Waals surface area contributed by atoms with E-state index in [9.17, 15) is 4.79 Å². The number of nitrogens with zero attached hydrogens (tertiary/aromatic N) is 3. The van der Waals surface area contributed by atoms with Crippen molar-refractivity contribution in [2.45, 2.75) is 26.7 Å². The zero-order valence-electron chi connectivity index (χ0n) is 18.9.